The van der Waals surface area contributed by atoms with Crippen LogP contribution in [0.25, 0.3) is 16.6 Å². The van der Waals surface area contributed by atoms with Gasteiger partial charge in [0.05, 0.1) is 22.6 Å². The molecule has 0 bridgehead atoms. The summed E-state index contributed by atoms with van der Waals surface area (Å²) in [6, 6.07) is 14.8. The van der Waals surface area contributed by atoms with E-state index in [9.17, 15) is 9.59 Å². The highest BCUT2D eigenvalue weighted by molar-refractivity contribution is 5.79. The van der Waals surface area contributed by atoms with Gasteiger partial charge in [0.15, 0.2) is 0 Å². The van der Waals surface area contributed by atoms with E-state index in [0.717, 1.165) is 17.7 Å². The van der Waals surface area contributed by atoms with E-state index in [1.165, 1.54) is 0 Å². The molecule has 0 saturated carbocycles. The summed E-state index contributed by atoms with van der Waals surface area (Å²) in [6.45, 7) is 12.6. The summed E-state index contributed by atoms with van der Waals surface area (Å²) in [5, 5.41) is 0.569. The lowest BCUT2D eigenvalue weighted by Crippen LogP contribution is -2.35. The van der Waals surface area contributed by atoms with Crippen LogP contribution in [-0.2, 0) is 4.79 Å². The second-order valence-corrected chi connectivity index (χ2v) is 10.2. The molecule has 0 aliphatic rings. The molecule has 0 saturated heterocycles. The number of para-hydroxylation sites is 2. The van der Waals surface area contributed by atoms with Crippen LogP contribution in [0.4, 0.5) is 0 Å². The van der Waals surface area contributed by atoms with E-state index in [-0.39, 0.29) is 28.8 Å². The Hall–Kier alpha value is -2.95. The number of hydrogen-bond acceptors (Lipinski definition) is 3. The summed E-state index contributed by atoms with van der Waals surface area (Å²) in [5.41, 5.74) is 2.47. The average molecular weight is 434 g/mol. The van der Waals surface area contributed by atoms with Gasteiger partial charge in [0.25, 0.3) is 5.56 Å². The van der Waals surface area contributed by atoms with Crippen LogP contribution < -0.4 is 5.56 Å². The predicted octanol–water partition coefficient (Wildman–Crippen LogP) is 5.68. The van der Waals surface area contributed by atoms with E-state index in [1.807, 2.05) is 56.3 Å². The monoisotopic (exact) mass is 433 g/mol. The van der Waals surface area contributed by atoms with Gasteiger partial charge in [-0.15, -0.1) is 0 Å². The van der Waals surface area contributed by atoms with Crippen molar-refractivity contribution in [3.63, 3.8) is 0 Å². The third-order valence-electron chi connectivity index (χ3n) is 5.99. The third kappa shape index (κ3) is 5.09. The molecule has 2 aromatic carbocycles. The molecule has 3 aromatic rings. The zero-order valence-electron chi connectivity index (χ0n) is 20.3. The second kappa shape index (κ2) is 9.27. The normalized spacial score (nSPS) is 13.7. The predicted molar refractivity (Wildman–Crippen MR) is 131 cm³/mol. The Morgan fingerprint density at radius 2 is 1.69 bits per heavy atom. The van der Waals surface area contributed by atoms with Gasteiger partial charge >= 0.3 is 0 Å². The highest BCUT2D eigenvalue weighted by Gasteiger charge is 2.26. The molecule has 0 radical (unpaired) electrons. The number of fused-ring (bicyclic) bond motifs is 1. The van der Waals surface area contributed by atoms with Gasteiger partial charge in [-0.05, 0) is 55.4 Å². The topological polar surface area (TPSA) is 55.2 Å². The summed E-state index contributed by atoms with van der Waals surface area (Å²) in [5.74, 6) is 0.913. The minimum absolute atomic E-state index is 0.0630. The Kier molecular flexibility index (Phi) is 6.87. The van der Waals surface area contributed by atoms with Crippen LogP contribution in [0.5, 0.6) is 0 Å². The minimum Gasteiger partial charge on any atom is -0.336 e. The van der Waals surface area contributed by atoms with Crippen molar-refractivity contribution in [3.8, 4) is 5.69 Å². The fourth-order valence-electron chi connectivity index (χ4n) is 4.43. The maximum absolute atomic E-state index is 13.6. The summed E-state index contributed by atoms with van der Waals surface area (Å²) in [6.07, 6.45) is 1.45. The second-order valence-electron chi connectivity index (χ2n) is 10.2. The molecule has 1 amide bonds. The summed E-state index contributed by atoms with van der Waals surface area (Å²) < 4.78 is 1.67. The van der Waals surface area contributed by atoms with Crippen LogP contribution in [0.3, 0.4) is 0 Å². The number of amides is 1. The molecule has 0 spiro atoms. The Morgan fingerprint density at radius 1 is 1.06 bits per heavy atom. The van der Waals surface area contributed by atoms with Crippen molar-refractivity contribution in [2.45, 2.75) is 60.4 Å². The van der Waals surface area contributed by atoms with Gasteiger partial charge in [0.1, 0.15) is 5.82 Å². The van der Waals surface area contributed by atoms with Gasteiger partial charge < -0.3 is 4.90 Å². The number of benzene rings is 2. The van der Waals surface area contributed by atoms with E-state index in [2.05, 4.69) is 27.7 Å². The summed E-state index contributed by atoms with van der Waals surface area (Å²) >= 11 is 0. The first-order chi connectivity index (χ1) is 15.0. The molecule has 1 aromatic heterocycles. The zero-order valence-corrected chi connectivity index (χ0v) is 20.3. The first-order valence-corrected chi connectivity index (χ1v) is 11.3. The number of carbonyl (C=O) groups excluding carboxylic acids is 1. The molecule has 0 N–H and O–H groups in total. The van der Waals surface area contributed by atoms with Crippen molar-refractivity contribution in [2.24, 2.45) is 11.3 Å². The Bertz CT molecular complexity index is 1170. The Labute approximate surface area is 191 Å². The maximum atomic E-state index is 13.6. The molecule has 170 valence electrons. The molecule has 3 rings (SSSR count). The summed E-state index contributed by atoms with van der Waals surface area (Å²) in [7, 11) is 1.81. The molecule has 0 aliphatic heterocycles. The zero-order chi connectivity index (χ0) is 23.6. The first-order valence-electron chi connectivity index (χ1n) is 11.3. The molecule has 5 nitrogen and oxygen atoms in total. The molecule has 5 heteroatoms. The number of aromatic nitrogens is 2. The quantitative estimate of drug-likeness (QED) is 0.503. The SMILES string of the molecule is Cc1ccccc1-n1c(C(C)N(C)C(=O)CC(C)CC(C)(C)C)nc2ccccc2c1=O. The van der Waals surface area contributed by atoms with Gasteiger partial charge in [-0.25, -0.2) is 4.98 Å². The lowest BCUT2D eigenvalue weighted by atomic mass is 9.84. The van der Waals surface area contributed by atoms with E-state index in [0.29, 0.717) is 23.1 Å². The van der Waals surface area contributed by atoms with Gasteiger partial charge in [-0.2, -0.15) is 0 Å². The van der Waals surface area contributed by atoms with Crippen LogP contribution in [-0.4, -0.2) is 27.4 Å². The molecule has 2 unspecified atom stereocenters. The van der Waals surface area contributed by atoms with Gasteiger partial charge in [0, 0.05) is 13.5 Å². The van der Waals surface area contributed by atoms with E-state index in [1.54, 1.807) is 22.6 Å². The number of rotatable bonds is 6. The van der Waals surface area contributed by atoms with Crippen LogP contribution in [0.1, 0.15) is 64.9 Å². The Morgan fingerprint density at radius 3 is 2.34 bits per heavy atom. The molecule has 1 heterocycles. The first kappa shape index (κ1) is 23.7. The minimum atomic E-state index is -0.360. The lowest BCUT2D eigenvalue weighted by Gasteiger charge is -2.29. The van der Waals surface area contributed by atoms with Gasteiger partial charge in [-0.3, -0.25) is 14.2 Å². The highest BCUT2D eigenvalue weighted by atomic mass is 16.2. The molecular formula is C27H35N3O2. The molecular weight excluding hydrogens is 398 g/mol. The van der Waals surface area contributed by atoms with Gasteiger partial charge in [-0.1, -0.05) is 58.0 Å². The number of hydrogen-bond donors (Lipinski definition) is 0. The van der Waals surface area contributed by atoms with Crippen molar-refractivity contribution < 1.29 is 4.79 Å². The van der Waals surface area contributed by atoms with Gasteiger partial charge in [0.2, 0.25) is 5.91 Å². The standard InChI is InChI=1S/C27H35N3O2/c1-18(17-27(4,5)6)16-24(31)29(7)20(3)25-28-22-14-10-9-13-21(22)26(32)30(25)23-15-11-8-12-19(23)2/h8-15,18,20H,16-17H2,1-7H3. The van der Waals surface area contributed by atoms with E-state index < -0.39 is 0 Å². The lowest BCUT2D eigenvalue weighted by molar-refractivity contribution is -0.133. The van der Waals surface area contributed by atoms with Crippen molar-refractivity contribution in [3.05, 3.63) is 70.3 Å². The Balaban J connectivity index is 2.05. The largest absolute Gasteiger partial charge is 0.336 e. The fourth-order valence-corrected chi connectivity index (χ4v) is 4.43. The third-order valence-corrected chi connectivity index (χ3v) is 5.99. The molecule has 0 fully saturated rings. The molecule has 32 heavy (non-hydrogen) atoms. The van der Waals surface area contributed by atoms with E-state index in [4.69, 9.17) is 4.98 Å². The van der Waals surface area contributed by atoms with Crippen LogP contribution in [0, 0.1) is 18.3 Å². The van der Waals surface area contributed by atoms with Crippen LogP contribution in [0.15, 0.2) is 53.3 Å². The van der Waals surface area contributed by atoms with Crippen LogP contribution in [0.2, 0.25) is 0 Å². The molecule has 2 atom stereocenters. The van der Waals surface area contributed by atoms with Crippen molar-refractivity contribution in [2.75, 3.05) is 7.05 Å². The fraction of sp³-hybridized carbons (Fsp3) is 0.444. The van der Waals surface area contributed by atoms with Crippen LogP contribution >= 0.6 is 0 Å². The smallest absolute Gasteiger partial charge is 0.266 e. The highest BCUT2D eigenvalue weighted by Crippen LogP contribution is 2.28. The number of carbonyl (C=O) groups is 1. The van der Waals surface area contributed by atoms with E-state index >= 15 is 0 Å². The maximum Gasteiger partial charge on any atom is 0.266 e. The van der Waals surface area contributed by atoms with Crippen molar-refractivity contribution in [1.29, 1.82) is 0 Å². The number of nitrogens with zero attached hydrogens (tertiary/aromatic N) is 3. The number of aryl methyl sites for hydroxylation is 1. The molecule has 0 aliphatic carbocycles. The summed E-state index contributed by atoms with van der Waals surface area (Å²) in [4.78, 5) is 33.3. The average Bonchev–Trinajstić information content (AvgIpc) is 2.72. The van der Waals surface area contributed by atoms with Crippen molar-refractivity contribution in [1.82, 2.24) is 14.5 Å². The van der Waals surface area contributed by atoms with Crippen molar-refractivity contribution >= 4 is 16.8 Å².